The van der Waals surface area contributed by atoms with Crippen LogP contribution in [0.4, 0.5) is 5.69 Å². The van der Waals surface area contributed by atoms with Crippen LogP contribution in [0.2, 0.25) is 5.02 Å². The van der Waals surface area contributed by atoms with E-state index in [0.717, 1.165) is 23.2 Å². The van der Waals surface area contributed by atoms with Crippen molar-refractivity contribution in [3.05, 3.63) is 64.2 Å². The minimum Gasteiger partial charge on any atom is -0.488 e. The summed E-state index contributed by atoms with van der Waals surface area (Å²) >= 11 is 5.97. The van der Waals surface area contributed by atoms with E-state index in [1.165, 1.54) is 0 Å². The van der Waals surface area contributed by atoms with E-state index in [2.05, 4.69) is 0 Å². The molecule has 0 radical (unpaired) electrons. The van der Waals surface area contributed by atoms with Gasteiger partial charge >= 0.3 is 5.97 Å². The lowest BCUT2D eigenvalue weighted by Gasteiger charge is -2.19. The monoisotopic (exact) mass is 369 g/mol. The van der Waals surface area contributed by atoms with Crippen LogP contribution in [-0.2, 0) is 20.7 Å². The molecule has 2 aliphatic rings. The van der Waals surface area contributed by atoms with Gasteiger partial charge in [-0.1, -0.05) is 29.8 Å². The summed E-state index contributed by atoms with van der Waals surface area (Å²) in [5, 5.41) is 0.557. The second kappa shape index (κ2) is 6.84. The summed E-state index contributed by atoms with van der Waals surface area (Å²) in [4.78, 5) is 26.4. The second-order valence-corrected chi connectivity index (χ2v) is 6.58. The van der Waals surface area contributed by atoms with Crippen LogP contribution in [0.25, 0.3) is 6.08 Å². The van der Waals surface area contributed by atoms with Crippen molar-refractivity contribution in [1.29, 1.82) is 0 Å². The van der Waals surface area contributed by atoms with E-state index >= 15 is 0 Å². The molecule has 1 amide bonds. The topological polar surface area (TPSA) is 55.8 Å². The van der Waals surface area contributed by atoms with Gasteiger partial charge in [0.15, 0.2) is 6.61 Å². The first-order chi connectivity index (χ1) is 12.6. The predicted octanol–water partition coefficient (Wildman–Crippen LogP) is 3.25. The number of esters is 1. The average Bonchev–Trinajstić information content (AvgIpc) is 3.09. The molecule has 0 saturated heterocycles. The predicted molar refractivity (Wildman–Crippen MR) is 98.4 cm³/mol. The van der Waals surface area contributed by atoms with Crippen LogP contribution in [0.3, 0.4) is 0 Å². The Morgan fingerprint density at radius 1 is 1.19 bits per heavy atom. The molecule has 0 saturated carbocycles. The van der Waals surface area contributed by atoms with E-state index in [1.54, 1.807) is 29.2 Å². The van der Waals surface area contributed by atoms with Crippen molar-refractivity contribution in [1.82, 2.24) is 0 Å². The molecular weight excluding hydrogens is 354 g/mol. The summed E-state index contributed by atoms with van der Waals surface area (Å²) in [5.74, 6) is -0.128. The van der Waals surface area contributed by atoms with Gasteiger partial charge in [-0.25, -0.2) is 4.79 Å². The molecular formula is C20H16ClNO4. The second-order valence-electron chi connectivity index (χ2n) is 6.14. The number of carbonyl (C=O) groups excluding carboxylic acids is 2. The third-order valence-corrected chi connectivity index (χ3v) is 4.70. The third-order valence-electron chi connectivity index (χ3n) is 4.46. The molecule has 6 heteroatoms. The highest BCUT2D eigenvalue weighted by Gasteiger charge is 2.26. The van der Waals surface area contributed by atoms with Gasteiger partial charge < -0.3 is 14.4 Å². The molecule has 0 atom stereocenters. The number of halogens is 1. The largest absolute Gasteiger partial charge is 0.488 e. The van der Waals surface area contributed by atoms with Gasteiger partial charge in [0, 0.05) is 22.8 Å². The summed E-state index contributed by atoms with van der Waals surface area (Å²) in [5.41, 5.74) is 3.09. The Morgan fingerprint density at radius 3 is 2.92 bits per heavy atom. The number of carbonyl (C=O) groups is 2. The number of para-hydroxylation sites is 1. The number of nitrogens with zero attached hydrogens (tertiary/aromatic N) is 1. The lowest BCUT2D eigenvalue weighted by atomic mass is 10.1. The van der Waals surface area contributed by atoms with Crippen molar-refractivity contribution in [2.75, 3.05) is 24.7 Å². The molecule has 2 aromatic carbocycles. The number of amides is 1. The fraction of sp³-hybridized carbons (Fsp3) is 0.200. The molecule has 132 valence electrons. The smallest absolute Gasteiger partial charge is 0.338 e. The maximum absolute atomic E-state index is 12.4. The zero-order valence-electron chi connectivity index (χ0n) is 13.9. The number of anilines is 1. The molecule has 0 fully saturated rings. The van der Waals surface area contributed by atoms with E-state index < -0.39 is 5.97 Å². The number of hydrogen-bond donors (Lipinski definition) is 0. The van der Waals surface area contributed by atoms with Gasteiger partial charge in [-0.15, -0.1) is 0 Å². The van der Waals surface area contributed by atoms with Gasteiger partial charge in [0.2, 0.25) is 0 Å². The molecule has 26 heavy (non-hydrogen) atoms. The molecule has 0 N–H and O–H groups in total. The molecule has 0 bridgehead atoms. The first-order valence-electron chi connectivity index (χ1n) is 8.30. The first kappa shape index (κ1) is 16.7. The normalized spacial score (nSPS) is 14.8. The molecule has 2 heterocycles. The Balaban J connectivity index is 1.41. The molecule has 0 spiro atoms. The van der Waals surface area contributed by atoms with Crippen LogP contribution >= 0.6 is 11.6 Å². The van der Waals surface area contributed by atoms with E-state index in [9.17, 15) is 9.59 Å². The zero-order chi connectivity index (χ0) is 18.1. The van der Waals surface area contributed by atoms with Crippen molar-refractivity contribution in [3.63, 3.8) is 0 Å². The molecule has 5 nitrogen and oxygen atoms in total. The van der Waals surface area contributed by atoms with Crippen molar-refractivity contribution in [3.8, 4) is 5.75 Å². The number of hydrogen-bond acceptors (Lipinski definition) is 4. The number of ether oxygens (including phenoxy) is 2. The van der Waals surface area contributed by atoms with Crippen molar-refractivity contribution in [2.24, 2.45) is 0 Å². The fourth-order valence-electron chi connectivity index (χ4n) is 3.16. The molecule has 2 aromatic rings. The number of rotatable bonds is 3. The van der Waals surface area contributed by atoms with Crippen LogP contribution in [-0.4, -0.2) is 31.6 Å². The SMILES string of the molecule is O=C(OCC(=O)N1CCc2ccccc21)C1=Cc2cc(Cl)ccc2OC1. The van der Waals surface area contributed by atoms with Gasteiger partial charge in [-0.3, -0.25) is 4.79 Å². The van der Waals surface area contributed by atoms with Gasteiger partial charge in [0.1, 0.15) is 12.4 Å². The first-order valence-corrected chi connectivity index (χ1v) is 8.68. The third kappa shape index (κ3) is 3.18. The molecule has 4 rings (SSSR count). The van der Waals surface area contributed by atoms with Gasteiger partial charge in [0.25, 0.3) is 5.91 Å². The summed E-state index contributed by atoms with van der Waals surface area (Å²) in [6.45, 7) is 0.411. The van der Waals surface area contributed by atoms with Gasteiger partial charge in [-0.2, -0.15) is 0 Å². The Bertz CT molecular complexity index is 922. The van der Waals surface area contributed by atoms with Crippen LogP contribution in [0.5, 0.6) is 5.75 Å². The van der Waals surface area contributed by atoms with Crippen molar-refractivity contribution < 1.29 is 19.1 Å². The maximum Gasteiger partial charge on any atom is 0.338 e. The minimum absolute atomic E-state index is 0.105. The number of benzene rings is 2. The molecule has 0 aromatic heterocycles. The Kier molecular flexibility index (Phi) is 4.39. The quantitative estimate of drug-likeness (QED) is 0.779. The zero-order valence-corrected chi connectivity index (χ0v) is 14.7. The van der Waals surface area contributed by atoms with E-state index in [-0.39, 0.29) is 19.1 Å². The lowest BCUT2D eigenvalue weighted by Crippen LogP contribution is -2.33. The number of fused-ring (bicyclic) bond motifs is 2. The van der Waals surface area contributed by atoms with Crippen LogP contribution in [0.1, 0.15) is 11.1 Å². The summed E-state index contributed by atoms with van der Waals surface area (Å²) in [6.07, 6.45) is 2.50. The standard InChI is InChI=1S/C20H16ClNO4/c21-16-5-6-18-14(10-16)9-15(11-25-18)20(24)26-12-19(23)22-8-7-13-3-1-2-4-17(13)22/h1-6,9-10H,7-8,11-12H2. The van der Waals surface area contributed by atoms with Crippen LogP contribution in [0, 0.1) is 0 Å². The van der Waals surface area contributed by atoms with Crippen molar-refractivity contribution in [2.45, 2.75) is 6.42 Å². The maximum atomic E-state index is 12.4. The Hall–Kier alpha value is -2.79. The van der Waals surface area contributed by atoms with E-state index in [0.29, 0.717) is 22.9 Å². The highest BCUT2D eigenvalue weighted by Crippen LogP contribution is 2.30. The highest BCUT2D eigenvalue weighted by atomic mass is 35.5. The summed E-state index contributed by atoms with van der Waals surface area (Å²) in [6, 6.07) is 12.9. The summed E-state index contributed by atoms with van der Waals surface area (Å²) < 4.78 is 10.7. The Morgan fingerprint density at radius 2 is 2.04 bits per heavy atom. The van der Waals surface area contributed by atoms with E-state index in [1.807, 2.05) is 24.3 Å². The van der Waals surface area contributed by atoms with Crippen LogP contribution < -0.4 is 9.64 Å². The minimum atomic E-state index is -0.559. The van der Waals surface area contributed by atoms with Crippen LogP contribution in [0.15, 0.2) is 48.0 Å². The van der Waals surface area contributed by atoms with E-state index in [4.69, 9.17) is 21.1 Å². The molecule has 2 aliphatic heterocycles. The highest BCUT2D eigenvalue weighted by molar-refractivity contribution is 6.30. The van der Waals surface area contributed by atoms with Gasteiger partial charge in [-0.05, 0) is 42.3 Å². The fourth-order valence-corrected chi connectivity index (χ4v) is 3.34. The molecule has 0 unspecified atom stereocenters. The molecule has 0 aliphatic carbocycles. The average molecular weight is 370 g/mol. The van der Waals surface area contributed by atoms with Crippen molar-refractivity contribution >= 4 is 35.2 Å². The summed E-state index contributed by atoms with van der Waals surface area (Å²) in [7, 11) is 0. The Labute approximate surface area is 155 Å². The van der Waals surface area contributed by atoms with Gasteiger partial charge in [0.05, 0.1) is 5.57 Å². The lowest BCUT2D eigenvalue weighted by molar-refractivity contribution is -0.144.